The molecule has 3 aromatic rings. The molecule has 0 fully saturated rings. The lowest BCUT2D eigenvalue weighted by molar-refractivity contribution is -0.150. The second-order valence-electron chi connectivity index (χ2n) is 5.14. The molecule has 9 heteroatoms. The van der Waals surface area contributed by atoms with E-state index in [1.807, 2.05) is 0 Å². The van der Waals surface area contributed by atoms with E-state index in [4.69, 9.17) is 27.6 Å². The Bertz CT molecular complexity index is 954. The maximum Gasteiger partial charge on any atom is 0.397 e. The van der Waals surface area contributed by atoms with Gasteiger partial charge in [-0.25, -0.2) is 4.98 Å². The van der Waals surface area contributed by atoms with Crippen molar-refractivity contribution in [2.24, 2.45) is 0 Å². The predicted octanol–water partition coefficient (Wildman–Crippen LogP) is 5.69. The summed E-state index contributed by atoms with van der Waals surface area (Å²) >= 11 is 12.1. The fraction of sp³-hybridized carbons (Fsp3) is 0.125. The molecular formula is C16H9Cl2F3N2O2. The maximum atomic E-state index is 12.2. The van der Waals surface area contributed by atoms with Gasteiger partial charge in [0.15, 0.2) is 5.58 Å². The summed E-state index contributed by atoms with van der Waals surface area (Å²) in [7, 11) is 0. The van der Waals surface area contributed by atoms with Gasteiger partial charge in [-0.15, -0.1) is 0 Å². The highest BCUT2D eigenvalue weighted by Gasteiger charge is 2.31. The van der Waals surface area contributed by atoms with Crippen LogP contribution in [0.25, 0.3) is 22.6 Å². The van der Waals surface area contributed by atoms with Crippen molar-refractivity contribution in [3.05, 3.63) is 46.4 Å². The van der Waals surface area contributed by atoms with Crippen LogP contribution in [0.1, 0.15) is 6.42 Å². The molecule has 0 spiro atoms. The highest BCUT2D eigenvalue weighted by Crippen LogP contribution is 2.35. The third-order valence-electron chi connectivity index (χ3n) is 3.21. The van der Waals surface area contributed by atoms with Gasteiger partial charge in [0.05, 0.1) is 15.6 Å². The molecule has 0 aliphatic rings. The Hall–Kier alpha value is -2.25. The molecule has 0 unspecified atom stereocenters. The van der Waals surface area contributed by atoms with Crippen LogP contribution in [-0.2, 0) is 4.79 Å². The fourth-order valence-electron chi connectivity index (χ4n) is 2.18. The summed E-state index contributed by atoms with van der Waals surface area (Å²) in [6.07, 6.45) is -6.13. The van der Waals surface area contributed by atoms with E-state index in [-0.39, 0.29) is 16.6 Å². The first-order valence-corrected chi connectivity index (χ1v) is 7.70. The van der Waals surface area contributed by atoms with Gasteiger partial charge in [-0.1, -0.05) is 29.3 Å². The second kappa shape index (κ2) is 6.57. The fourth-order valence-corrected chi connectivity index (χ4v) is 2.56. The number of oxazole rings is 1. The zero-order valence-electron chi connectivity index (χ0n) is 12.3. The zero-order chi connectivity index (χ0) is 18.2. The number of carbonyl (C=O) groups is 1. The third kappa shape index (κ3) is 4.05. The van der Waals surface area contributed by atoms with Gasteiger partial charge >= 0.3 is 6.18 Å². The minimum Gasteiger partial charge on any atom is -0.436 e. The standard InChI is InChI=1S/C16H9Cl2F3N2O2/c17-10-3-1-2-9(14(10)18)15-23-11-6-8(4-5-12(11)25-15)22-13(24)7-16(19,20)21/h1-6H,7H2,(H,22,24). The van der Waals surface area contributed by atoms with Crippen molar-refractivity contribution in [2.45, 2.75) is 12.6 Å². The number of nitrogens with zero attached hydrogens (tertiary/aromatic N) is 1. The summed E-state index contributed by atoms with van der Waals surface area (Å²) in [4.78, 5) is 15.6. The van der Waals surface area contributed by atoms with Gasteiger partial charge in [-0.2, -0.15) is 13.2 Å². The van der Waals surface area contributed by atoms with Crippen LogP contribution < -0.4 is 5.32 Å². The smallest absolute Gasteiger partial charge is 0.397 e. The van der Waals surface area contributed by atoms with Crippen LogP contribution in [0, 0.1) is 0 Å². The van der Waals surface area contributed by atoms with Crippen molar-refractivity contribution in [3.8, 4) is 11.5 Å². The summed E-state index contributed by atoms with van der Waals surface area (Å²) in [6, 6.07) is 9.30. The number of nitrogens with one attached hydrogen (secondary N) is 1. The van der Waals surface area contributed by atoms with Crippen molar-refractivity contribution in [2.75, 3.05) is 5.32 Å². The van der Waals surface area contributed by atoms with Crippen molar-refractivity contribution in [3.63, 3.8) is 0 Å². The molecule has 0 saturated carbocycles. The molecule has 0 radical (unpaired) electrons. The number of amides is 1. The number of aromatic nitrogens is 1. The molecule has 25 heavy (non-hydrogen) atoms. The summed E-state index contributed by atoms with van der Waals surface area (Å²) in [6.45, 7) is 0. The number of rotatable bonds is 3. The SMILES string of the molecule is O=C(CC(F)(F)F)Nc1ccc2oc(-c3cccc(Cl)c3Cl)nc2c1. The Morgan fingerprint density at radius 2 is 1.96 bits per heavy atom. The number of hydrogen-bond donors (Lipinski definition) is 1. The predicted molar refractivity (Wildman–Crippen MR) is 88.8 cm³/mol. The van der Waals surface area contributed by atoms with Gasteiger partial charge in [0.25, 0.3) is 0 Å². The van der Waals surface area contributed by atoms with E-state index in [0.717, 1.165) is 0 Å². The Morgan fingerprint density at radius 1 is 1.20 bits per heavy atom. The van der Waals surface area contributed by atoms with Crippen LogP contribution in [-0.4, -0.2) is 17.1 Å². The van der Waals surface area contributed by atoms with E-state index in [1.54, 1.807) is 18.2 Å². The first kappa shape index (κ1) is 17.6. The lowest BCUT2D eigenvalue weighted by atomic mass is 10.2. The molecule has 1 amide bonds. The van der Waals surface area contributed by atoms with Gasteiger partial charge < -0.3 is 9.73 Å². The molecule has 0 saturated heterocycles. The number of fused-ring (bicyclic) bond motifs is 1. The minimum atomic E-state index is -4.57. The molecule has 0 atom stereocenters. The number of alkyl halides is 3. The molecular weight excluding hydrogens is 380 g/mol. The Kier molecular flexibility index (Phi) is 4.62. The van der Waals surface area contributed by atoms with Crippen LogP contribution in [0.5, 0.6) is 0 Å². The lowest BCUT2D eigenvalue weighted by Gasteiger charge is -2.07. The van der Waals surface area contributed by atoms with Crippen LogP contribution in [0.4, 0.5) is 18.9 Å². The van der Waals surface area contributed by atoms with Gasteiger partial charge in [-0.3, -0.25) is 4.79 Å². The second-order valence-corrected chi connectivity index (χ2v) is 5.93. The zero-order valence-corrected chi connectivity index (χ0v) is 13.8. The summed E-state index contributed by atoms with van der Waals surface area (Å²) < 4.78 is 42.2. The van der Waals surface area contributed by atoms with Crippen molar-refractivity contribution in [1.82, 2.24) is 4.98 Å². The van der Waals surface area contributed by atoms with Gasteiger partial charge in [0, 0.05) is 5.69 Å². The quantitative estimate of drug-likeness (QED) is 0.626. The molecule has 4 nitrogen and oxygen atoms in total. The van der Waals surface area contributed by atoms with E-state index in [9.17, 15) is 18.0 Å². The average Bonchev–Trinajstić information content (AvgIpc) is 2.91. The maximum absolute atomic E-state index is 12.2. The molecule has 3 rings (SSSR count). The summed E-state index contributed by atoms with van der Waals surface area (Å²) in [5, 5.41) is 2.78. The van der Waals surface area contributed by atoms with E-state index >= 15 is 0 Å². The van der Waals surface area contributed by atoms with Crippen LogP contribution in [0.15, 0.2) is 40.8 Å². The van der Waals surface area contributed by atoms with E-state index in [2.05, 4.69) is 10.3 Å². The molecule has 0 aliphatic heterocycles. The number of carbonyl (C=O) groups excluding carboxylic acids is 1. The van der Waals surface area contributed by atoms with E-state index in [1.165, 1.54) is 18.2 Å². The first-order chi connectivity index (χ1) is 11.7. The lowest BCUT2D eigenvalue weighted by Crippen LogP contribution is -2.21. The highest BCUT2D eigenvalue weighted by molar-refractivity contribution is 6.43. The van der Waals surface area contributed by atoms with Gasteiger partial charge in [0.1, 0.15) is 11.9 Å². The van der Waals surface area contributed by atoms with Crippen LogP contribution in [0.3, 0.4) is 0 Å². The van der Waals surface area contributed by atoms with Crippen molar-refractivity contribution < 1.29 is 22.4 Å². The van der Waals surface area contributed by atoms with Crippen molar-refractivity contribution in [1.29, 1.82) is 0 Å². The Morgan fingerprint density at radius 3 is 2.68 bits per heavy atom. The molecule has 0 bridgehead atoms. The van der Waals surface area contributed by atoms with E-state index in [0.29, 0.717) is 21.7 Å². The Labute approximate surface area is 149 Å². The molecule has 2 aromatic carbocycles. The summed E-state index contributed by atoms with van der Waals surface area (Å²) in [5.74, 6) is -0.949. The van der Waals surface area contributed by atoms with E-state index < -0.39 is 18.5 Å². The van der Waals surface area contributed by atoms with Gasteiger partial charge in [-0.05, 0) is 30.3 Å². The molecule has 1 heterocycles. The number of halogens is 5. The number of benzene rings is 2. The summed E-state index contributed by atoms with van der Waals surface area (Å²) in [5.41, 5.74) is 1.41. The number of anilines is 1. The van der Waals surface area contributed by atoms with Crippen molar-refractivity contribution >= 4 is 45.9 Å². The molecule has 1 N–H and O–H groups in total. The largest absolute Gasteiger partial charge is 0.436 e. The van der Waals surface area contributed by atoms with Crippen LogP contribution >= 0.6 is 23.2 Å². The molecule has 130 valence electrons. The molecule has 1 aromatic heterocycles. The topological polar surface area (TPSA) is 55.1 Å². The molecule has 0 aliphatic carbocycles. The van der Waals surface area contributed by atoms with Gasteiger partial charge in [0.2, 0.25) is 11.8 Å². The third-order valence-corrected chi connectivity index (χ3v) is 4.03. The monoisotopic (exact) mass is 388 g/mol. The number of hydrogen-bond acceptors (Lipinski definition) is 3. The normalized spacial score (nSPS) is 11.7. The first-order valence-electron chi connectivity index (χ1n) is 6.94. The Balaban J connectivity index is 1.89. The van der Waals surface area contributed by atoms with Crippen LogP contribution in [0.2, 0.25) is 10.0 Å². The minimum absolute atomic E-state index is 0.179. The highest BCUT2D eigenvalue weighted by atomic mass is 35.5. The average molecular weight is 389 g/mol.